The van der Waals surface area contributed by atoms with Crippen molar-refractivity contribution >= 4 is 45.6 Å². The monoisotopic (exact) mass is 316 g/mol. The van der Waals surface area contributed by atoms with Gasteiger partial charge in [-0.15, -0.1) is 0 Å². The molecule has 0 spiro atoms. The zero-order chi connectivity index (χ0) is 15.0. The van der Waals surface area contributed by atoms with Crippen LogP contribution in [0.2, 0.25) is 10.0 Å². The molecule has 0 amide bonds. The number of nitrogens with two attached hydrogens (primary N) is 1. The Kier molecular flexibility index (Phi) is 3.53. The molecule has 3 rings (SSSR count). The van der Waals surface area contributed by atoms with E-state index in [1.165, 1.54) is 12.1 Å². The van der Waals surface area contributed by atoms with Crippen molar-refractivity contribution in [3.8, 4) is 0 Å². The molecule has 3 nitrogen and oxygen atoms in total. The summed E-state index contributed by atoms with van der Waals surface area (Å²) in [5.41, 5.74) is 7.50. The zero-order valence-corrected chi connectivity index (χ0v) is 12.3. The maximum Gasteiger partial charge on any atom is 0.195 e. The third-order valence-corrected chi connectivity index (χ3v) is 3.84. The number of carbonyl (C=O) groups excluding carboxylic acids is 1. The van der Waals surface area contributed by atoms with Crippen LogP contribution in [-0.2, 0) is 0 Å². The summed E-state index contributed by atoms with van der Waals surface area (Å²) >= 11 is 12.0. The normalized spacial score (nSPS) is 10.8. The van der Waals surface area contributed by atoms with E-state index in [0.717, 1.165) is 5.39 Å². The average molecular weight is 317 g/mol. The number of fused-ring (bicyclic) bond motifs is 1. The minimum atomic E-state index is -0.192. The highest BCUT2D eigenvalue weighted by molar-refractivity contribution is 6.39. The molecule has 104 valence electrons. The Labute approximate surface area is 131 Å². The molecule has 3 aromatic rings. The van der Waals surface area contributed by atoms with Gasteiger partial charge in [0.25, 0.3) is 0 Å². The van der Waals surface area contributed by atoms with Crippen LogP contribution in [0.15, 0.2) is 48.7 Å². The number of pyridine rings is 1. The zero-order valence-electron chi connectivity index (χ0n) is 10.8. The largest absolute Gasteiger partial charge is 0.396 e. The highest BCUT2D eigenvalue weighted by Gasteiger charge is 2.16. The van der Waals surface area contributed by atoms with E-state index < -0.39 is 0 Å². The SMILES string of the molecule is Nc1c(Cl)cc(C(=O)c2cccc3cccnc23)cc1Cl. The van der Waals surface area contributed by atoms with Crippen LogP contribution in [0.5, 0.6) is 0 Å². The Balaban J connectivity index is 2.17. The van der Waals surface area contributed by atoms with Crippen molar-refractivity contribution in [2.24, 2.45) is 0 Å². The molecular weight excluding hydrogens is 307 g/mol. The van der Waals surface area contributed by atoms with E-state index in [4.69, 9.17) is 28.9 Å². The first-order chi connectivity index (χ1) is 10.1. The number of para-hydroxylation sites is 1. The van der Waals surface area contributed by atoms with Gasteiger partial charge in [0.05, 0.1) is 21.2 Å². The van der Waals surface area contributed by atoms with E-state index in [1.807, 2.05) is 24.3 Å². The summed E-state index contributed by atoms with van der Waals surface area (Å²) in [5, 5.41) is 1.43. The molecule has 0 aliphatic heterocycles. The van der Waals surface area contributed by atoms with E-state index >= 15 is 0 Å². The maximum absolute atomic E-state index is 12.7. The van der Waals surface area contributed by atoms with E-state index in [0.29, 0.717) is 16.6 Å². The summed E-state index contributed by atoms with van der Waals surface area (Å²) in [6, 6.07) is 12.2. The van der Waals surface area contributed by atoms with Crippen LogP contribution in [-0.4, -0.2) is 10.8 Å². The standard InChI is InChI=1S/C16H10Cl2N2O/c17-12-7-10(8-13(18)14(12)19)16(21)11-5-1-3-9-4-2-6-20-15(9)11/h1-8H,19H2. The van der Waals surface area contributed by atoms with Crippen molar-refractivity contribution in [3.05, 3.63) is 69.8 Å². The van der Waals surface area contributed by atoms with Crippen molar-refractivity contribution in [2.75, 3.05) is 5.73 Å². The fraction of sp³-hybridized carbons (Fsp3) is 0. The van der Waals surface area contributed by atoms with Crippen LogP contribution in [0.25, 0.3) is 10.9 Å². The lowest BCUT2D eigenvalue weighted by Crippen LogP contribution is -2.04. The predicted octanol–water partition coefficient (Wildman–Crippen LogP) is 4.35. The van der Waals surface area contributed by atoms with Crippen molar-refractivity contribution < 1.29 is 4.79 Å². The van der Waals surface area contributed by atoms with Gasteiger partial charge >= 0.3 is 0 Å². The second kappa shape index (κ2) is 5.35. The lowest BCUT2D eigenvalue weighted by molar-refractivity contribution is 0.104. The second-order valence-electron chi connectivity index (χ2n) is 4.56. The quantitative estimate of drug-likeness (QED) is 0.564. The van der Waals surface area contributed by atoms with Crippen LogP contribution in [0.1, 0.15) is 15.9 Å². The molecule has 0 bridgehead atoms. The number of hydrogen-bond donors (Lipinski definition) is 1. The Bertz CT molecular complexity index is 834. The summed E-state index contributed by atoms with van der Waals surface area (Å²) in [6.45, 7) is 0. The maximum atomic E-state index is 12.7. The van der Waals surface area contributed by atoms with Crippen LogP contribution in [0.4, 0.5) is 5.69 Å². The van der Waals surface area contributed by atoms with Gasteiger partial charge in [-0.2, -0.15) is 0 Å². The number of halogens is 2. The topological polar surface area (TPSA) is 56.0 Å². The molecule has 21 heavy (non-hydrogen) atoms. The fourth-order valence-electron chi connectivity index (χ4n) is 2.16. The summed E-state index contributed by atoms with van der Waals surface area (Å²) in [7, 11) is 0. The first-order valence-corrected chi connectivity index (χ1v) is 6.96. The van der Waals surface area contributed by atoms with Crippen LogP contribution >= 0.6 is 23.2 Å². The van der Waals surface area contributed by atoms with Crippen molar-refractivity contribution in [2.45, 2.75) is 0 Å². The molecule has 0 saturated heterocycles. The van der Waals surface area contributed by atoms with Crippen molar-refractivity contribution in [1.82, 2.24) is 4.98 Å². The molecule has 1 aromatic heterocycles. The molecule has 0 unspecified atom stereocenters. The van der Waals surface area contributed by atoms with Gasteiger partial charge in [-0.1, -0.05) is 41.4 Å². The Morgan fingerprint density at radius 2 is 1.71 bits per heavy atom. The van der Waals surface area contributed by atoms with Gasteiger partial charge in [0.15, 0.2) is 5.78 Å². The fourth-order valence-corrected chi connectivity index (χ4v) is 2.65. The molecule has 2 N–H and O–H groups in total. The van der Waals surface area contributed by atoms with Gasteiger partial charge in [0.2, 0.25) is 0 Å². The van der Waals surface area contributed by atoms with Crippen molar-refractivity contribution in [1.29, 1.82) is 0 Å². The van der Waals surface area contributed by atoms with Gasteiger partial charge in [0.1, 0.15) is 0 Å². The van der Waals surface area contributed by atoms with Gasteiger partial charge in [-0.3, -0.25) is 9.78 Å². The molecule has 1 heterocycles. The number of nitrogens with zero attached hydrogens (tertiary/aromatic N) is 1. The third kappa shape index (κ3) is 2.46. The molecule has 0 radical (unpaired) electrons. The average Bonchev–Trinajstić information content (AvgIpc) is 2.51. The first kappa shape index (κ1) is 13.9. The molecule has 0 aliphatic carbocycles. The lowest BCUT2D eigenvalue weighted by atomic mass is 10.00. The van der Waals surface area contributed by atoms with E-state index in [2.05, 4.69) is 4.98 Å². The minimum absolute atomic E-state index is 0.192. The van der Waals surface area contributed by atoms with Gasteiger partial charge in [-0.05, 0) is 24.3 Å². The van der Waals surface area contributed by atoms with Gasteiger partial charge < -0.3 is 5.73 Å². The molecule has 0 saturated carbocycles. The Morgan fingerprint density at radius 1 is 1.05 bits per heavy atom. The van der Waals surface area contributed by atoms with Crippen molar-refractivity contribution in [3.63, 3.8) is 0 Å². The van der Waals surface area contributed by atoms with E-state index in [-0.39, 0.29) is 21.5 Å². The molecule has 0 aliphatic rings. The van der Waals surface area contributed by atoms with Crippen LogP contribution in [0, 0.1) is 0 Å². The smallest absolute Gasteiger partial charge is 0.195 e. The third-order valence-electron chi connectivity index (χ3n) is 3.22. The Morgan fingerprint density at radius 3 is 2.43 bits per heavy atom. The number of aromatic nitrogens is 1. The number of carbonyl (C=O) groups is 1. The number of hydrogen-bond acceptors (Lipinski definition) is 3. The summed E-state index contributed by atoms with van der Waals surface area (Å²) in [6.07, 6.45) is 1.65. The summed E-state index contributed by atoms with van der Waals surface area (Å²) in [4.78, 5) is 17.0. The highest BCUT2D eigenvalue weighted by atomic mass is 35.5. The molecular formula is C16H10Cl2N2O. The molecule has 0 atom stereocenters. The van der Waals surface area contributed by atoms with E-state index in [1.54, 1.807) is 12.3 Å². The predicted molar refractivity (Wildman–Crippen MR) is 86.0 cm³/mol. The number of anilines is 1. The molecule has 5 heteroatoms. The van der Waals surface area contributed by atoms with Gasteiger partial charge in [-0.25, -0.2) is 0 Å². The molecule has 2 aromatic carbocycles. The highest BCUT2D eigenvalue weighted by Crippen LogP contribution is 2.30. The van der Waals surface area contributed by atoms with Crippen LogP contribution in [0.3, 0.4) is 0 Å². The van der Waals surface area contributed by atoms with Crippen LogP contribution < -0.4 is 5.73 Å². The Hall–Kier alpha value is -2.10. The summed E-state index contributed by atoms with van der Waals surface area (Å²) in [5.74, 6) is -0.192. The number of ketones is 1. The number of benzene rings is 2. The number of nitrogen functional groups attached to an aromatic ring is 1. The van der Waals surface area contributed by atoms with E-state index in [9.17, 15) is 4.79 Å². The second-order valence-corrected chi connectivity index (χ2v) is 5.38. The minimum Gasteiger partial charge on any atom is -0.396 e. The lowest BCUT2D eigenvalue weighted by Gasteiger charge is -2.08. The summed E-state index contributed by atoms with van der Waals surface area (Å²) < 4.78 is 0. The number of rotatable bonds is 2. The molecule has 0 fully saturated rings. The van der Waals surface area contributed by atoms with Gasteiger partial charge in [0, 0.05) is 22.7 Å². The first-order valence-electron chi connectivity index (χ1n) is 6.21.